The van der Waals surface area contributed by atoms with E-state index in [0.717, 1.165) is 19.4 Å². The molecule has 1 aromatic rings. The first-order chi connectivity index (χ1) is 8.22. The van der Waals surface area contributed by atoms with Crippen molar-refractivity contribution >= 4 is 0 Å². The highest BCUT2D eigenvalue weighted by atomic mass is 14.9. The molecule has 3 nitrogen and oxygen atoms in total. The molecule has 1 N–H and O–H groups in total. The molecule has 1 aliphatic carbocycles. The molecule has 3 heteroatoms. The minimum Gasteiger partial charge on any atom is -0.314 e. The minimum atomic E-state index is 0.527. The summed E-state index contributed by atoms with van der Waals surface area (Å²) in [6, 6.07) is 0.527. The fraction of sp³-hybridized carbons (Fsp3) is 0.714. The first-order valence-corrected chi connectivity index (χ1v) is 6.77. The van der Waals surface area contributed by atoms with Crippen LogP contribution in [0.4, 0.5) is 0 Å². The van der Waals surface area contributed by atoms with Crippen LogP contribution in [-0.4, -0.2) is 22.6 Å². The molecular formula is C14H23N3. The van der Waals surface area contributed by atoms with Crippen LogP contribution in [0.5, 0.6) is 0 Å². The van der Waals surface area contributed by atoms with Gasteiger partial charge in [0.1, 0.15) is 6.33 Å². The Kier molecular flexibility index (Phi) is 4.11. The molecular weight excluding hydrogens is 210 g/mol. The number of hydrogen-bond acceptors (Lipinski definition) is 3. The van der Waals surface area contributed by atoms with E-state index in [0.29, 0.717) is 12.0 Å². The van der Waals surface area contributed by atoms with Crippen LogP contribution in [0.15, 0.2) is 6.33 Å². The molecule has 0 saturated heterocycles. The molecule has 2 rings (SSSR count). The third kappa shape index (κ3) is 2.83. The first kappa shape index (κ1) is 12.5. The van der Waals surface area contributed by atoms with Crippen molar-refractivity contribution in [3.8, 4) is 0 Å². The predicted molar refractivity (Wildman–Crippen MR) is 70.1 cm³/mol. The number of aromatic nitrogens is 2. The maximum Gasteiger partial charge on any atom is 0.115 e. The van der Waals surface area contributed by atoms with E-state index in [2.05, 4.69) is 36.1 Å². The van der Waals surface area contributed by atoms with Gasteiger partial charge in [-0.05, 0) is 37.3 Å². The monoisotopic (exact) mass is 233 g/mol. The normalized spacial score (nSPS) is 16.2. The summed E-state index contributed by atoms with van der Waals surface area (Å²) in [7, 11) is 0. The summed E-state index contributed by atoms with van der Waals surface area (Å²) in [5.41, 5.74) is 3.98. The predicted octanol–water partition coefficient (Wildman–Crippen LogP) is 2.14. The second-order valence-corrected chi connectivity index (χ2v) is 5.21. The third-order valence-electron chi connectivity index (χ3n) is 3.65. The van der Waals surface area contributed by atoms with Crippen LogP contribution in [-0.2, 0) is 19.3 Å². The van der Waals surface area contributed by atoms with Crippen LogP contribution in [0, 0.1) is 5.92 Å². The average Bonchev–Trinajstić information content (AvgIpc) is 2.77. The van der Waals surface area contributed by atoms with Crippen molar-refractivity contribution in [2.75, 3.05) is 6.54 Å². The van der Waals surface area contributed by atoms with Gasteiger partial charge in [-0.2, -0.15) is 0 Å². The molecule has 0 saturated carbocycles. The van der Waals surface area contributed by atoms with Gasteiger partial charge < -0.3 is 5.32 Å². The zero-order valence-corrected chi connectivity index (χ0v) is 11.2. The number of fused-ring (bicyclic) bond motifs is 1. The zero-order valence-electron chi connectivity index (χ0n) is 11.2. The van der Waals surface area contributed by atoms with Crippen LogP contribution < -0.4 is 5.32 Å². The maximum absolute atomic E-state index is 4.50. The second kappa shape index (κ2) is 5.58. The topological polar surface area (TPSA) is 37.8 Å². The minimum absolute atomic E-state index is 0.527. The van der Waals surface area contributed by atoms with E-state index in [1.807, 2.05) is 0 Å². The molecule has 17 heavy (non-hydrogen) atoms. The van der Waals surface area contributed by atoms with Crippen molar-refractivity contribution in [3.05, 3.63) is 23.3 Å². The molecule has 0 aliphatic heterocycles. The van der Waals surface area contributed by atoms with Gasteiger partial charge in [-0.3, -0.25) is 0 Å². The number of rotatable bonds is 5. The maximum atomic E-state index is 4.50. The largest absolute Gasteiger partial charge is 0.314 e. The highest BCUT2D eigenvalue weighted by molar-refractivity contribution is 5.29. The Balaban J connectivity index is 2.14. The van der Waals surface area contributed by atoms with E-state index in [1.165, 1.54) is 29.8 Å². The summed E-state index contributed by atoms with van der Waals surface area (Å²) in [5, 5.41) is 3.56. The van der Waals surface area contributed by atoms with Gasteiger partial charge in [-0.1, -0.05) is 20.8 Å². The molecule has 1 atom stereocenters. The van der Waals surface area contributed by atoms with Gasteiger partial charge in [-0.15, -0.1) is 0 Å². The Morgan fingerprint density at radius 1 is 1.29 bits per heavy atom. The van der Waals surface area contributed by atoms with Gasteiger partial charge in [0.05, 0.1) is 0 Å². The third-order valence-corrected chi connectivity index (χ3v) is 3.65. The van der Waals surface area contributed by atoms with Crippen LogP contribution in [0.25, 0.3) is 0 Å². The van der Waals surface area contributed by atoms with Gasteiger partial charge in [0.25, 0.3) is 0 Å². The SMILES string of the molecule is CCNC(Cc1ncnc2c1CCC2)C(C)C. The molecule has 0 aromatic carbocycles. The second-order valence-electron chi connectivity index (χ2n) is 5.21. The number of nitrogens with zero attached hydrogens (tertiary/aromatic N) is 2. The molecule has 1 aromatic heterocycles. The fourth-order valence-electron chi connectivity index (χ4n) is 2.62. The fourth-order valence-corrected chi connectivity index (χ4v) is 2.62. The molecule has 0 bridgehead atoms. The molecule has 0 fully saturated rings. The van der Waals surface area contributed by atoms with Gasteiger partial charge in [0, 0.05) is 23.9 Å². The van der Waals surface area contributed by atoms with E-state index in [-0.39, 0.29) is 0 Å². The van der Waals surface area contributed by atoms with E-state index < -0.39 is 0 Å². The zero-order chi connectivity index (χ0) is 12.3. The number of likely N-dealkylation sites (N-methyl/N-ethyl adjacent to an activating group) is 1. The molecule has 1 unspecified atom stereocenters. The Morgan fingerprint density at radius 3 is 2.82 bits per heavy atom. The van der Waals surface area contributed by atoms with Gasteiger partial charge >= 0.3 is 0 Å². The number of aryl methyl sites for hydroxylation is 1. The lowest BCUT2D eigenvalue weighted by Gasteiger charge is -2.22. The summed E-state index contributed by atoms with van der Waals surface area (Å²) in [6.07, 6.45) is 6.33. The van der Waals surface area contributed by atoms with E-state index >= 15 is 0 Å². The van der Waals surface area contributed by atoms with E-state index in [9.17, 15) is 0 Å². The van der Waals surface area contributed by atoms with Gasteiger partial charge in [0.2, 0.25) is 0 Å². The molecule has 0 spiro atoms. The highest BCUT2D eigenvalue weighted by Gasteiger charge is 2.20. The van der Waals surface area contributed by atoms with Crippen molar-refractivity contribution in [2.24, 2.45) is 5.92 Å². The van der Waals surface area contributed by atoms with Crippen molar-refractivity contribution in [2.45, 2.75) is 52.5 Å². The van der Waals surface area contributed by atoms with Crippen molar-refractivity contribution in [1.82, 2.24) is 15.3 Å². The van der Waals surface area contributed by atoms with Gasteiger partial charge in [-0.25, -0.2) is 9.97 Å². The van der Waals surface area contributed by atoms with E-state index in [4.69, 9.17) is 0 Å². The number of hydrogen-bond donors (Lipinski definition) is 1. The smallest absolute Gasteiger partial charge is 0.115 e. The summed E-state index contributed by atoms with van der Waals surface area (Å²) in [6.45, 7) is 7.74. The van der Waals surface area contributed by atoms with Gasteiger partial charge in [0.15, 0.2) is 0 Å². The van der Waals surface area contributed by atoms with Crippen LogP contribution in [0.2, 0.25) is 0 Å². The van der Waals surface area contributed by atoms with Crippen LogP contribution in [0.1, 0.15) is 44.1 Å². The lowest BCUT2D eigenvalue weighted by Crippen LogP contribution is -2.36. The Morgan fingerprint density at radius 2 is 2.12 bits per heavy atom. The lowest BCUT2D eigenvalue weighted by atomic mass is 9.96. The summed E-state index contributed by atoms with van der Waals surface area (Å²) in [5.74, 6) is 0.641. The highest BCUT2D eigenvalue weighted by Crippen LogP contribution is 2.23. The van der Waals surface area contributed by atoms with Crippen molar-refractivity contribution in [3.63, 3.8) is 0 Å². The van der Waals surface area contributed by atoms with Crippen molar-refractivity contribution < 1.29 is 0 Å². The standard InChI is InChI=1S/C14H23N3/c1-4-15-13(10(2)3)8-14-11-6-5-7-12(11)16-9-17-14/h9-10,13,15H,4-8H2,1-3H3. The molecule has 94 valence electrons. The Labute approximate surface area is 104 Å². The Hall–Kier alpha value is -0.960. The molecule has 0 radical (unpaired) electrons. The van der Waals surface area contributed by atoms with E-state index in [1.54, 1.807) is 6.33 Å². The number of nitrogens with one attached hydrogen (secondary N) is 1. The average molecular weight is 233 g/mol. The quantitative estimate of drug-likeness (QED) is 0.846. The molecule has 1 aliphatic rings. The Bertz CT molecular complexity index is 374. The van der Waals surface area contributed by atoms with Crippen LogP contribution >= 0.6 is 0 Å². The van der Waals surface area contributed by atoms with Crippen LogP contribution in [0.3, 0.4) is 0 Å². The summed E-state index contributed by atoms with van der Waals surface area (Å²) < 4.78 is 0. The molecule has 1 heterocycles. The molecule has 0 amide bonds. The first-order valence-electron chi connectivity index (χ1n) is 6.77. The summed E-state index contributed by atoms with van der Waals surface area (Å²) in [4.78, 5) is 8.89. The lowest BCUT2D eigenvalue weighted by molar-refractivity contribution is 0.401. The summed E-state index contributed by atoms with van der Waals surface area (Å²) >= 11 is 0. The van der Waals surface area contributed by atoms with Crippen molar-refractivity contribution in [1.29, 1.82) is 0 Å².